The molecule has 5 nitrogen and oxygen atoms in total. The second kappa shape index (κ2) is 9.33. The Kier molecular flexibility index (Phi) is 6.80. The Morgan fingerprint density at radius 3 is 2.53 bits per heavy atom. The van der Waals surface area contributed by atoms with E-state index in [0.717, 1.165) is 27.4 Å². The van der Waals surface area contributed by atoms with Gasteiger partial charge in [0.25, 0.3) is 0 Å². The lowest BCUT2D eigenvalue weighted by molar-refractivity contribution is -0.151. The number of pyridine rings is 1. The summed E-state index contributed by atoms with van der Waals surface area (Å²) < 4.78 is 10.6. The highest BCUT2D eigenvalue weighted by atomic mass is 32.2. The SMILES string of the molecule is COc1ccc(-c2cc(-c3cccs3)c(C#N)c(SCC(=O)OC(C)(C)C)n2)cc1. The summed E-state index contributed by atoms with van der Waals surface area (Å²) >= 11 is 2.78. The van der Waals surface area contributed by atoms with Gasteiger partial charge in [-0.25, -0.2) is 4.98 Å². The van der Waals surface area contributed by atoms with Crippen molar-refractivity contribution in [1.82, 2.24) is 4.98 Å². The van der Waals surface area contributed by atoms with Gasteiger partial charge in [-0.1, -0.05) is 17.8 Å². The predicted molar refractivity (Wildman–Crippen MR) is 121 cm³/mol. The van der Waals surface area contributed by atoms with E-state index < -0.39 is 5.60 Å². The molecule has 7 heteroatoms. The molecule has 0 bridgehead atoms. The standard InChI is InChI=1S/C23H22N2O3S2/c1-23(2,3)28-21(26)14-30-22-18(13-24)17(20-6-5-11-29-20)12-19(25-22)15-7-9-16(27-4)10-8-15/h5-12H,14H2,1-4H3. The van der Waals surface area contributed by atoms with Gasteiger partial charge in [-0.2, -0.15) is 5.26 Å². The van der Waals surface area contributed by atoms with Crippen molar-refractivity contribution in [3.63, 3.8) is 0 Å². The molecule has 0 amide bonds. The first kappa shape index (κ1) is 21.9. The maximum Gasteiger partial charge on any atom is 0.316 e. The van der Waals surface area contributed by atoms with Crippen molar-refractivity contribution < 1.29 is 14.3 Å². The number of rotatable bonds is 6. The van der Waals surface area contributed by atoms with Crippen LogP contribution in [0.25, 0.3) is 21.7 Å². The molecule has 0 fully saturated rings. The molecule has 0 aliphatic rings. The summed E-state index contributed by atoms with van der Waals surface area (Å²) in [5.41, 5.74) is 2.34. The zero-order valence-corrected chi connectivity index (χ0v) is 18.9. The highest BCUT2D eigenvalue weighted by molar-refractivity contribution is 7.99. The highest BCUT2D eigenvalue weighted by Gasteiger charge is 2.20. The summed E-state index contributed by atoms with van der Waals surface area (Å²) in [5.74, 6) is 0.491. The predicted octanol–water partition coefficient (Wildman–Crippen LogP) is 5.79. The van der Waals surface area contributed by atoms with Crippen LogP contribution in [0.5, 0.6) is 5.75 Å². The molecule has 0 N–H and O–H groups in total. The summed E-state index contributed by atoms with van der Waals surface area (Å²) in [6.45, 7) is 5.48. The van der Waals surface area contributed by atoms with Crippen LogP contribution in [0, 0.1) is 11.3 Å². The lowest BCUT2D eigenvalue weighted by atomic mass is 10.0. The Morgan fingerprint density at radius 2 is 1.97 bits per heavy atom. The molecule has 154 valence electrons. The fourth-order valence-corrected chi connectivity index (χ4v) is 4.29. The van der Waals surface area contributed by atoms with Crippen molar-refractivity contribution in [1.29, 1.82) is 5.26 Å². The van der Waals surface area contributed by atoms with Crippen LogP contribution in [-0.2, 0) is 9.53 Å². The van der Waals surface area contributed by atoms with Gasteiger partial charge < -0.3 is 9.47 Å². The molecule has 30 heavy (non-hydrogen) atoms. The van der Waals surface area contributed by atoms with Gasteiger partial charge in [0.15, 0.2) is 0 Å². The van der Waals surface area contributed by atoms with Gasteiger partial charge >= 0.3 is 5.97 Å². The second-order valence-corrected chi connectivity index (χ2v) is 9.34. The molecule has 0 saturated carbocycles. The van der Waals surface area contributed by atoms with E-state index in [1.54, 1.807) is 18.4 Å². The summed E-state index contributed by atoms with van der Waals surface area (Å²) in [5, 5.41) is 12.3. The molecular formula is C23H22N2O3S2. The van der Waals surface area contributed by atoms with E-state index in [1.165, 1.54) is 11.8 Å². The monoisotopic (exact) mass is 438 g/mol. The number of aromatic nitrogens is 1. The number of hydrogen-bond acceptors (Lipinski definition) is 7. The van der Waals surface area contributed by atoms with Crippen LogP contribution in [0.2, 0.25) is 0 Å². The first-order valence-electron chi connectivity index (χ1n) is 9.29. The third-order valence-electron chi connectivity index (χ3n) is 4.02. The number of hydrogen-bond donors (Lipinski definition) is 0. The quantitative estimate of drug-likeness (QED) is 0.358. The topological polar surface area (TPSA) is 72.2 Å². The van der Waals surface area contributed by atoms with Crippen molar-refractivity contribution in [2.24, 2.45) is 0 Å². The number of carbonyl (C=O) groups is 1. The van der Waals surface area contributed by atoms with Gasteiger partial charge in [0, 0.05) is 16.0 Å². The molecule has 1 aromatic carbocycles. The Hall–Kier alpha value is -2.82. The van der Waals surface area contributed by atoms with Crippen molar-refractivity contribution in [3.8, 4) is 33.5 Å². The van der Waals surface area contributed by atoms with E-state index in [1.807, 2.05) is 68.6 Å². The zero-order valence-electron chi connectivity index (χ0n) is 17.3. The van der Waals surface area contributed by atoms with Crippen LogP contribution in [-0.4, -0.2) is 29.4 Å². The van der Waals surface area contributed by atoms with E-state index in [2.05, 4.69) is 6.07 Å². The first-order chi connectivity index (χ1) is 14.3. The number of benzene rings is 1. The molecule has 0 aliphatic carbocycles. The van der Waals surface area contributed by atoms with Crippen LogP contribution in [0.3, 0.4) is 0 Å². The van der Waals surface area contributed by atoms with E-state index in [9.17, 15) is 10.1 Å². The number of methoxy groups -OCH3 is 1. The third-order valence-corrected chi connectivity index (χ3v) is 5.87. The lowest BCUT2D eigenvalue weighted by Crippen LogP contribution is -2.25. The van der Waals surface area contributed by atoms with Crippen LogP contribution in [0.1, 0.15) is 26.3 Å². The fraction of sp³-hybridized carbons (Fsp3) is 0.261. The lowest BCUT2D eigenvalue weighted by Gasteiger charge is -2.19. The second-order valence-electron chi connectivity index (χ2n) is 7.43. The Balaban J connectivity index is 2.02. The maximum atomic E-state index is 12.2. The molecule has 0 unspecified atom stereocenters. The first-order valence-corrected chi connectivity index (χ1v) is 11.2. The van der Waals surface area contributed by atoms with Crippen LogP contribution in [0.4, 0.5) is 0 Å². The van der Waals surface area contributed by atoms with E-state index in [0.29, 0.717) is 10.6 Å². The average molecular weight is 439 g/mol. The molecule has 0 aliphatic heterocycles. The summed E-state index contributed by atoms with van der Waals surface area (Å²) in [7, 11) is 1.62. The van der Waals surface area contributed by atoms with Crippen molar-refractivity contribution >= 4 is 29.1 Å². The molecule has 2 heterocycles. The van der Waals surface area contributed by atoms with Crippen LogP contribution < -0.4 is 4.74 Å². The van der Waals surface area contributed by atoms with Gasteiger partial charge in [0.2, 0.25) is 0 Å². The minimum Gasteiger partial charge on any atom is -0.497 e. The van der Waals surface area contributed by atoms with Gasteiger partial charge in [0.1, 0.15) is 22.4 Å². The average Bonchev–Trinajstić information content (AvgIpc) is 3.25. The number of esters is 1. The summed E-state index contributed by atoms with van der Waals surface area (Å²) in [6, 6.07) is 15.7. The van der Waals surface area contributed by atoms with Gasteiger partial charge in [-0.3, -0.25) is 4.79 Å². The molecule has 0 saturated heterocycles. The van der Waals surface area contributed by atoms with Crippen molar-refractivity contribution in [3.05, 3.63) is 53.4 Å². The number of nitrogens with zero attached hydrogens (tertiary/aromatic N) is 2. The van der Waals surface area contributed by atoms with Gasteiger partial charge in [-0.15, -0.1) is 11.3 Å². The normalized spacial score (nSPS) is 11.0. The number of thiophene rings is 1. The molecule has 3 rings (SSSR count). The molecule has 0 radical (unpaired) electrons. The number of carbonyl (C=O) groups excluding carboxylic acids is 1. The molecular weight excluding hydrogens is 416 g/mol. The minimum absolute atomic E-state index is 0.0783. The van der Waals surface area contributed by atoms with E-state index in [-0.39, 0.29) is 11.7 Å². The van der Waals surface area contributed by atoms with Crippen molar-refractivity contribution in [2.75, 3.05) is 12.9 Å². The van der Waals surface area contributed by atoms with E-state index >= 15 is 0 Å². The molecule has 3 aromatic rings. The Bertz CT molecular complexity index is 1060. The number of thioether (sulfide) groups is 1. The molecule has 0 atom stereocenters. The maximum absolute atomic E-state index is 12.2. The van der Waals surface area contributed by atoms with Gasteiger partial charge in [0.05, 0.1) is 24.1 Å². The largest absolute Gasteiger partial charge is 0.497 e. The molecule has 0 spiro atoms. The van der Waals surface area contributed by atoms with Crippen LogP contribution in [0.15, 0.2) is 52.9 Å². The number of ether oxygens (including phenoxy) is 2. The van der Waals surface area contributed by atoms with Crippen molar-refractivity contribution in [2.45, 2.75) is 31.4 Å². The van der Waals surface area contributed by atoms with Gasteiger partial charge in [-0.05, 0) is 62.5 Å². The fourth-order valence-electron chi connectivity index (χ4n) is 2.77. The smallest absolute Gasteiger partial charge is 0.316 e. The molecule has 2 aromatic heterocycles. The Morgan fingerprint density at radius 1 is 1.23 bits per heavy atom. The van der Waals surface area contributed by atoms with Crippen LogP contribution >= 0.6 is 23.1 Å². The minimum atomic E-state index is -0.559. The van der Waals surface area contributed by atoms with E-state index in [4.69, 9.17) is 14.5 Å². The number of nitriles is 1. The third kappa shape index (κ3) is 5.41. The highest BCUT2D eigenvalue weighted by Crippen LogP contribution is 2.36. The Labute approximate surface area is 184 Å². The summed E-state index contributed by atoms with van der Waals surface area (Å²) in [6.07, 6.45) is 0. The zero-order chi connectivity index (χ0) is 21.7. The summed E-state index contributed by atoms with van der Waals surface area (Å²) in [4.78, 5) is 17.9.